The van der Waals surface area contributed by atoms with Crippen molar-refractivity contribution >= 4 is 21.4 Å². The Morgan fingerprint density at radius 1 is 1.06 bits per heavy atom. The smallest absolute Gasteiger partial charge is 0.226 e. The first-order chi connectivity index (χ1) is 17.4. The Morgan fingerprint density at radius 2 is 1.83 bits per heavy atom. The van der Waals surface area contributed by atoms with Crippen molar-refractivity contribution in [1.82, 2.24) is 14.9 Å². The van der Waals surface area contributed by atoms with E-state index in [2.05, 4.69) is 20.9 Å². The summed E-state index contributed by atoms with van der Waals surface area (Å²) in [4.78, 5) is 25.6. The number of fused-ring (bicyclic) bond motifs is 1. The number of amides is 1. The Hall–Kier alpha value is -3.46. The molecule has 188 valence electrons. The highest BCUT2D eigenvalue weighted by Crippen LogP contribution is 2.33. The van der Waals surface area contributed by atoms with E-state index in [1.807, 2.05) is 29.2 Å². The Labute approximate surface area is 211 Å². The summed E-state index contributed by atoms with van der Waals surface area (Å²) in [5.74, 6) is 0.919. The van der Waals surface area contributed by atoms with Gasteiger partial charge in [0.2, 0.25) is 5.91 Å². The molecule has 0 N–H and O–H groups in total. The van der Waals surface area contributed by atoms with Crippen LogP contribution in [0.2, 0.25) is 0 Å². The highest BCUT2D eigenvalue weighted by molar-refractivity contribution is 7.90. The molecule has 5 rings (SSSR count). The number of carbonyl (C=O) groups is 1. The van der Waals surface area contributed by atoms with Crippen molar-refractivity contribution in [3.8, 4) is 5.75 Å². The molecule has 0 spiro atoms. The van der Waals surface area contributed by atoms with E-state index in [0.717, 1.165) is 36.3 Å². The van der Waals surface area contributed by atoms with E-state index in [1.54, 1.807) is 25.3 Å². The molecule has 36 heavy (non-hydrogen) atoms. The third-order valence-corrected chi connectivity index (χ3v) is 8.81. The van der Waals surface area contributed by atoms with Gasteiger partial charge in [0, 0.05) is 44.0 Å². The fourth-order valence-corrected chi connectivity index (χ4v) is 6.42. The highest BCUT2D eigenvalue weighted by atomic mass is 32.2. The fraction of sp³-hybridized carbons (Fsp3) is 0.370. The van der Waals surface area contributed by atoms with E-state index < -0.39 is 9.84 Å². The predicted octanol–water partition coefficient (Wildman–Crippen LogP) is 2.91. The Kier molecular flexibility index (Phi) is 6.91. The molecule has 0 saturated carbocycles. The number of anilines is 1. The number of carbonyl (C=O) groups excluding carboxylic acids is 1. The van der Waals surface area contributed by atoms with Crippen molar-refractivity contribution in [3.63, 3.8) is 0 Å². The average Bonchev–Trinajstić information content (AvgIpc) is 2.92. The number of sulfone groups is 1. The lowest BCUT2D eigenvalue weighted by molar-refractivity contribution is -0.136. The number of piperazine rings is 1. The number of rotatable bonds is 6. The molecule has 1 aliphatic carbocycles. The Balaban J connectivity index is 1.18. The van der Waals surface area contributed by atoms with Gasteiger partial charge in [-0.15, -0.1) is 0 Å². The molecule has 1 atom stereocenters. The molecule has 1 saturated heterocycles. The highest BCUT2D eigenvalue weighted by Gasteiger charge is 2.31. The molecular weight excluding hydrogens is 476 g/mol. The van der Waals surface area contributed by atoms with Crippen LogP contribution in [0.5, 0.6) is 5.75 Å². The van der Waals surface area contributed by atoms with Crippen molar-refractivity contribution in [2.45, 2.75) is 29.9 Å². The molecule has 9 heteroatoms. The van der Waals surface area contributed by atoms with Gasteiger partial charge in [0.1, 0.15) is 12.1 Å². The van der Waals surface area contributed by atoms with Gasteiger partial charge >= 0.3 is 0 Å². The van der Waals surface area contributed by atoms with Crippen LogP contribution in [0.4, 0.5) is 5.69 Å². The minimum atomic E-state index is -3.49. The minimum absolute atomic E-state index is 0.0141. The van der Waals surface area contributed by atoms with Crippen LogP contribution >= 0.6 is 0 Å². The van der Waals surface area contributed by atoms with Crippen molar-refractivity contribution in [2.75, 3.05) is 38.2 Å². The third kappa shape index (κ3) is 5.06. The second-order valence-corrected chi connectivity index (χ2v) is 11.3. The number of benzene rings is 2. The van der Waals surface area contributed by atoms with Crippen LogP contribution in [-0.2, 0) is 33.2 Å². The van der Waals surface area contributed by atoms with Gasteiger partial charge < -0.3 is 14.5 Å². The zero-order valence-corrected chi connectivity index (χ0v) is 21.2. The van der Waals surface area contributed by atoms with E-state index >= 15 is 0 Å². The van der Waals surface area contributed by atoms with Gasteiger partial charge in [-0.1, -0.05) is 12.1 Å². The van der Waals surface area contributed by atoms with Crippen LogP contribution in [-0.4, -0.2) is 62.5 Å². The van der Waals surface area contributed by atoms with Gasteiger partial charge in [-0.25, -0.2) is 18.4 Å². The zero-order chi connectivity index (χ0) is 25.1. The summed E-state index contributed by atoms with van der Waals surface area (Å²) in [6.07, 6.45) is 5.38. The molecule has 1 unspecified atom stereocenters. The van der Waals surface area contributed by atoms with Gasteiger partial charge in [-0.3, -0.25) is 4.79 Å². The average molecular weight is 507 g/mol. The molecule has 3 aromatic rings. The molecule has 8 nitrogen and oxygen atoms in total. The molecule has 2 aliphatic rings. The third-order valence-electron chi connectivity index (χ3n) is 7.15. The van der Waals surface area contributed by atoms with Crippen LogP contribution in [0.1, 0.15) is 23.2 Å². The standard InChI is InChI=1S/C27H30N4O4S/c1-35-26-4-2-3-20-5-6-21(17-25(20)26)27(32)31-15-13-30(14-16-31)23-7-9-24(10-8-23)36(33,34)18-22-11-12-28-19-29-22/h2-4,7-12,19,21H,5-6,13-18H2,1H3. The van der Waals surface area contributed by atoms with E-state index in [9.17, 15) is 13.2 Å². The molecule has 2 heterocycles. The molecule has 2 aromatic carbocycles. The Bertz CT molecular complexity index is 1310. The largest absolute Gasteiger partial charge is 0.496 e. The maximum atomic E-state index is 13.3. The van der Waals surface area contributed by atoms with Crippen molar-refractivity contribution in [2.24, 2.45) is 5.92 Å². The number of aryl methyl sites for hydroxylation is 1. The monoisotopic (exact) mass is 506 g/mol. The molecule has 1 aliphatic heterocycles. The summed E-state index contributed by atoms with van der Waals surface area (Å²) in [6.45, 7) is 2.74. The van der Waals surface area contributed by atoms with Gasteiger partial charge in [-0.2, -0.15) is 0 Å². The SMILES string of the molecule is COc1cccc2c1CC(C(=O)N1CCN(c3ccc(S(=O)(=O)Cc4ccncn4)cc3)CC1)CC2. The number of nitrogens with zero attached hydrogens (tertiary/aromatic N) is 4. The Morgan fingerprint density at radius 3 is 2.53 bits per heavy atom. The van der Waals surface area contributed by atoms with Crippen molar-refractivity contribution < 1.29 is 17.9 Å². The molecule has 1 aromatic heterocycles. The maximum absolute atomic E-state index is 13.3. The van der Waals surface area contributed by atoms with Crippen LogP contribution in [0.3, 0.4) is 0 Å². The van der Waals surface area contributed by atoms with Crippen LogP contribution < -0.4 is 9.64 Å². The number of hydrogen-bond acceptors (Lipinski definition) is 7. The van der Waals surface area contributed by atoms with Crippen molar-refractivity contribution in [3.05, 3.63) is 77.9 Å². The van der Waals surface area contributed by atoms with E-state index in [4.69, 9.17) is 4.74 Å². The first-order valence-electron chi connectivity index (χ1n) is 12.2. The summed E-state index contributed by atoms with van der Waals surface area (Å²) < 4.78 is 31.0. The summed E-state index contributed by atoms with van der Waals surface area (Å²) in [5, 5.41) is 0. The quantitative estimate of drug-likeness (QED) is 0.508. The number of hydrogen-bond donors (Lipinski definition) is 0. The summed E-state index contributed by atoms with van der Waals surface area (Å²) in [5.41, 5.74) is 3.87. The molecule has 1 fully saturated rings. The van der Waals surface area contributed by atoms with E-state index in [1.165, 1.54) is 18.1 Å². The number of methoxy groups -OCH3 is 1. The molecule has 0 radical (unpaired) electrons. The molecule has 0 bridgehead atoms. The topological polar surface area (TPSA) is 92.7 Å². The lowest BCUT2D eigenvalue weighted by Crippen LogP contribution is -2.51. The van der Waals surface area contributed by atoms with Gasteiger partial charge in [-0.05, 0) is 66.8 Å². The van der Waals surface area contributed by atoms with Gasteiger partial charge in [0.05, 0.1) is 23.5 Å². The van der Waals surface area contributed by atoms with Crippen LogP contribution in [0.25, 0.3) is 0 Å². The lowest BCUT2D eigenvalue weighted by Gasteiger charge is -2.38. The normalized spacial score (nSPS) is 18.0. The summed E-state index contributed by atoms with van der Waals surface area (Å²) >= 11 is 0. The van der Waals surface area contributed by atoms with E-state index in [-0.39, 0.29) is 22.5 Å². The lowest BCUT2D eigenvalue weighted by atomic mass is 9.82. The summed E-state index contributed by atoms with van der Waals surface area (Å²) in [7, 11) is -1.81. The molecular formula is C27H30N4O4S. The first-order valence-corrected chi connectivity index (χ1v) is 13.9. The number of aromatic nitrogens is 2. The maximum Gasteiger partial charge on any atom is 0.226 e. The summed E-state index contributed by atoms with van der Waals surface area (Å²) in [6, 6.07) is 14.7. The number of ether oxygens (including phenoxy) is 1. The van der Waals surface area contributed by atoms with Crippen molar-refractivity contribution in [1.29, 1.82) is 0 Å². The fourth-order valence-electron chi connectivity index (χ4n) is 5.15. The first kappa shape index (κ1) is 24.2. The van der Waals surface area contributed by atoms with E-state index in [0.29, 0.717) is 31.9 Å². The zero-order valence-electron chi connectivity index (χ0n) is 20.3. The second kappa shape index (κ2) is 10.3. The second-order valence-electron chi connectivity index (χ2n) is 9.30. The van der Waals surface area contributed by atoms with Gasteiger partial charge in [0.15, 0.2) is 9.84 Å². The van der Waals surface area contributed by atoms with Crippen LogP contribution in [0, 0.1) is 5.92 Å². The molecule has 1 amide bonds. The van der Waals surface area contributed by atoms with Gasteiger partial charge in [0.25, 0.3) is 0 Å². The predicted molar refractivity (Wildman–Crippen MR) is 137 cm³/mol. The minimum Gasteiger partial charge on any atom is -0.496 e. The van der Waals surface area contributed by atoms with Crippen LogP contribution in [0.15, 0.2) is 66.0 Å².